The number of hydrogen-bond acceptors (Lipinski definition) is 5. The summed E-state index contributed by atoms with van der Waals surface area (Å²) in [4.78, 5) is 7.93. The van der Waals surface area contributed by atoms with Crippen LogP contribution in [0.15, 0.2) is 21.3 Å². The quantitative estimate of drug-likeness (QED) is 0.451. The van der Waals surface area contributed by atoms with Crippen LogP contribution in [-0.2, 0) is 16.6 Å². The summed E-state index contributed by atoms with van der Waals surface area (Å²) in [5.74, 6) is 0.746. The van der Waals surface area contributed by atoms with Gasteiger partial charge in [-0.05, 0) is 46.8 Å². The van der Waals surface area contributed by atoms with Crippen molar-refractivity contribution in [3.05, 3.63) is 17.0 Å². The van der Waals surface area contributed by atoms with Crippen LogP contribution in [-0.4, -0.2) is 69.4 Å². The van der Waals surface area contributed by atoms with E-state index in [1.54, 1.807) is 6.07 Å². The predicted octanol–water partition coefficient (Wildman–Crippen LogP) is 2.17. The number of rotatable bonds is 10. The number of nitrogens with one attached hydrogen (secondary N) is 2. The van der Waals surface area contributed by atoms with Crippen molar-refractivity contribution in [2.24, 2.45) is 4.99 Å². The Bertz CT molecular complexity index is 688. The van der Waals surface area contributed by atoms with E-state index in [2.05, 4.69) is 48.2 Å². The molecule has 0 saturated heterocycles. The second-order valence-corrected chi connectivity index (χ2v) is 10.6. The molecule has 0 saturated carbocycles. The molecule has 0 aliphatic heterocycles. The Kier molecular flexibility index (Phi) is 9.72. The maximum absolute atomic E-state index is 12.2. The van der Waals surface area contributed by atoms with Crippen molar-refractivity contribution >= 4 is 27.3 Å². The van der Waals surface area contributed by atoms with Crippen LogP contribution in [0.5, 0.6) is 0 Å². The Morgan fingerprint density at radius 3 is 2.30 bits per heavy atom. The maximum atomic E-state index is 12.2. The number of thiophene rings is 1. The maximum Gasteiger partial charge on any atom is 0.252 e. The molecule has 0 amide bonds. The van der Waals surface area contributed by atoms with Gasteiger partial charge in [0.15, 0.2) is 5.96 Å². The first-order valence-corrected chi connectivity index (χ1v) is 11.6. The van der Waals surface area contributed by atoms with Crippen molar-refractivity contribution in [3.63, 3.8) is 0 Å². The normalized spacial score (nSPS) is 13.2. The van der Waals surface area contributed by atoms with Crippen molar-refractivity contribution in [2.75, 3.05) is 33.7 Å². The average molecular weight is 418 g/mol. The van der Waals surface area contributed by atoms with E-state index in [9.17, 15) is 8.42 Å². The summed E-state index contributed by atoms with van der Waals surface area (Å²) >= 11 is 1.26. The van der Waals surface area contributed by atoms with E-state index in [-0.39, 0.29) is 0 Å². The second kappa shape index (κ2) is 11.0. The van der Waals surface area contributed by atoms with Gasteiger partial charge in [0.05, 0.1) is 6.54 Å². The zero-order chi connectivity index (χ0) is 20.6. The van der Waals surface area contributed by atoms with Crippen molar-refractivity contribution < 1.29 is 8.42 Å². The minimum atomic E-state index is -3.38. The fraction of sp³-hybridized carbons (Fsp3) is 0.722. The number of guanidine groups is 1. The van der Waals surface area contributed by atoms with E-state index in [1.807, 2.05) is 13.0 Å². The Labute approximate surface area is 168 Å². The molecule has 156 valence electrons. The van der Waals surface area contributed by atoms with E-state index in [0.29, 0.717) is 22.8 Å². The van der Waals surface area contributed by atoms with Crippen LogP contribution in [0.2, 0.25) is 0 Å². The summed E-state index contributed by atoms with van der Waals surface area (Å²) in [6.07, 6.45) is 0. The monoisotopic (exact) mass is 417 g/mol. The Morgan fingerprint density at radius 2 is 1.78 bits per heavy atom. The lowest BCUT2D eigenvalue weighted by Crippen LogP contribution is -2.45. The molecule has 9 heteroatoms. The molecule has 0 aliphatic carbocycles. The Hall–Kier alpha value is -1.16. The van der Waals surface area contributed by atoms with Crippen LogP contribution in [0, 0.1) is 0 Å². The van der Waals surface area contributed by atoms with E-state index in [4.69, 9.17) is 0 Å². The Morgan fingerprint density at radius 1 is 1.15 bits per heavy atom. The van der Waals surface area contributed by atoms with Gasteiger partial charge >= 0.3 is 0 Å². The lowest BCUT2D eigenvalue weighted by Gasteiger charge is -2.30. The molecule has 1 aromatic rings. The molecule has 0 unspecified atom stereocenters. The van der Waals surface area contributed by atoms with Gasteiger partial charge in [0.2, 0.25) is 0 Å². The summed E-state index contributed by atoms with van der Waals surface area (Å²) < 4.78 is 25.9. The van der Waals surface area contributed by atoms with Crippen LogP contribution < -0.4 is 10.6 Å². The largest absolute Gasteiger partial charge is 0.357 e. The molecule has 0 fully saturated rings. The molecule has 1 rings (SSSR count). The van der Waals surface area contributed by atoms with Gasteiger partial charge in [0, 0.05) is 50.7 Å². The topological polar surface area (TPSA) is 77.0 Å². The zero-order valence-corrected chi connectivity index (χ0v) is 19.2. The summed E-state index contributed by atoms with van der Waals surface area (Å²) in [5, 5.41) is 6.60. The smallest absolute Gasteiger partial charge is 0.252 e. The number of sulfonamides is 1. The van der Waals surface area contributed by atoms with Crippen LogP contribution in [0.25, 0.3) is 0 Å². The summed E-state index contributed by atoms with van der Waals surface area (Å²) in [7, 11) is -0.300. The molecule has 1 heterocycles. The van der Waals surface area contributed by atoms with Gasteiger partial charge in [0.25, 0.3) is 10.0 Å². The number of aliphatic imine (C=N–C) groups is 1. The molecule has 2 N–H and O–H groups in total. The minimum Gasteiger partial charge on any atom is -0.357 e. The van der Waals surface area contributed by atoms with Crippen molar-refractivity contribution in [2.45, 2.75) is 57.5 Å². The SMILES string of the molecule is CCNC(=NCc1ccc(S(=O)(=O)N(C)C)s1)NCCN(C(C)C)C(C)C. The van der Waals surface area contributed by atoms with Crippen molar-refractivity contribution in [1.82, 2.24) is 19.8 Å². The molecule has 0 radical (unpaired) electrons. The minimum absolute atomic E-state index is 0.347. The summed E-state index contributed by atoms with van der Waals surface area (Å²) in [5.41, 5.74) is 0. The predicted molar refractivity (Wildman–Crippen MR) is 115 cm³/mol. The molecular formula is C18H35N5O2S2. The first-order valence-electron chi connectivity index (χ1n) is 9.38. The van der Waals surface area contributed by atoms with Gasteiger partial charge in [-0.25, -0.2) is 17.7 Å². The number of hydrogen-bond donors (Lipinski definition) is 2. The fourth-order valence-electron chi connectivity index (χ4n) is 2.68. The first-order chi connectivity index (χ1) is 12.6. The molecule has 0 bridgehead atoms. The third-order valence-corrected chi connectivity index (χ3v) is 7.45. The lowest BCUT2D eigenvalue weighted by atomic mass is 10.2. The van der Waals surface area contributed by atoms with Crippen molar-refractivity contribution in [1.29, 1.82) is 0 Å². The molecule has 0 aliphatic rings. The van der Waals surface area contributed by atoms with Crippen LogP contribution in [0.3, 0.4) is 0 Å². The highest BCUT2D eigenvalue weighted by Gasteiger charge is 2.19. The van der Waals surface area contributed by atoms with Crippen LogP contribution >= 0.6 is 11.3 Å². The molecule has 1 aromatic heterocycles. The highest BCUT2D eigenvalue weighted by molar-refractivity contribution is 7.91. The van der Waals surface area contributed by atoms with Gasteiger partial charge in [-0.1, -0.05) is 0 Å². The molecular weight excluding hydrogens is 382 g/mol. The molecule has 0 atom stereocenters. The van der Waals surface area contributed by atoms with E-state index >= 15 is 0 Å². The standard InChI is InChI=1S/C18H35N5O2S2/c1-8-19-18(20-11-12-23(14(2)3)15(4)5)21-13-16-9-10-17(26-16)27(24,25)22(6)7/h9-10,14-15H,8,11-13H2,1-7H3,(H2,19,20,21). The molecule has 0 aromatic carbocycles. The number of nitrogens with zero attached hydrogens (tertiary/aromatic N) is 3. The van der Waals surface area contributed by atoms with Crippen molar-refractivity contribution in [3.8, 4) is 0 Å². The van der Waals surface area contributed by atoms with Gasteiger partial charge < -0.3 is 10.6 Å². The highest BCUT2D eigenvalue weighted by atomic mass is 32.2. The van der Waals surface area contributed by atoms with Crippen LogP contribution in [0.4, 0.5) is 0 Å². The van der Waals surface area contributed by atoms with Gasteiger partial charge in [-0.15, -0.1) is 11.3 Å². The molecule has 0 spiro atoms. The third kappa shape index (κ3) is 7.40. The van der Waals surface area contributed by atoms with Crippen LogP contribution in [0.1, 0.15) is 39.5 Å². The lowest BCUT2D eigenvalue weighted by molar-refractivity contribution is 0.178. The van der Waals surface area contributed by atoms with E-state index in [1.165, 1.54) is 29.7 Å². The zero-order valence-electron chi connectivity index (χ0n) is 17.6. The molecule has 7 nitrogen and oxygen atoms in total. The Balaban J connectivity index is 2.70. The highest BCUT2D eigenvalue weighted by Crippen LogP contribution is 2.24. The summed E-state index contributed by atoms with van der Waals surface area (Å²) in [6, 6.07) is 4.46. The van der Waals surface area contributed by atoms with Gasteiger partial charge in [-0.2, -0.15) is 0 Å². The third-order valence-electron chi connectivity index (χ3n) is 4.10. The van der Waals surface area contributed by atoms with E-state index in [0.717, 1.165) is 30.5 Å². The summed E-state index contributed by atoms with van der Waals surface area (Å²) in [6.45, 7) is 13.8. The molecule has 27 heavy (non-hydrogen) atoms. The van der Waals surface area contributed by atoms with Gasteiger partial charge in [-0.3, -0.25) is 4.90 Å². The first kappa shape index (κ1) is 23.9. The second-order valence-electron chi connectivity index (χ2n) is 7.06. The van der Waals surface area contributed by atoms with Gasteiger partial charge in [0.1, 0.15) is 4.21 Å². The fourth-order valence-corrected chi connectivity index (χ4v) is 5.13. The average Bonchev–Trinajstić information content (AvgIpc) is 3.05. The van der Waals surface area contributed by atoms with E-state index < -0.39 is 10.0 Å².